The average molecular weight is 513 g/mol. The molecule has 0 heterocycles. The summed E-state index contributed by atoms with van der Waals surface area (Å²) in [5.41, 5.74) is 2.73. The highest BCUT2D eigenvalue weighted by molar-refractivity contribution is 6.32. The van der Waals surface area contributed by atoms with Crippen molar-refractivity contribution in [2.24, 2.45) is 4.99 Å². The second-order valence-electron chi connectivity index (χ2n) is 7.50. The van der Waals surface area contributed by atoms with Crippen molar-refractivity contribution in [3.63, 3.8) is 0 Å². The molecule has 4 nitrogen and oxygen atoms in total. The lowest BCUT2D eigenvalue weighted by atomic mass is 10.2. The first-order chi connectivity index (χ1) is 17.0. The van der Waals surface area contributed by atoms with Gasteiger partial charge < -0.3 is 14.8 Å². The number of hydrogen-bond donors (Lipinski definition) is 1. The highest BCUT2D eigenvalue weighted by Crippen LogP contribution is 2.30. The Morgan fingerprint density at radius 1 is 0.714 bits per heavy atom. The predicted molar refractivity (Wildman–Crippen MR) is 136 cm³/mol. The van der Waals surface area contributed by atoms with Gasteiger partial charge >= 0.3 is 0 Å². The summed E-state index contributed by atoms with van der Waals surface area (Å²) in [4.78, 5) is 4.33. The standard InChI is InChI=1S/C27H20Cl2F2N2O2/c28-24-13-22(7-9-26(24)34-15-18-3-1-5-20(30)11-18)32-17-33-23-8-10-27(25(29)14-23)35-16-19-4-2-6-21(31)12-19/h1-14,17H,15-16H2,(H,32,33). The molecule has 178 valence electrons. The number of nitrogens with zero attached hydrogens (tertiary/aromatic N) is 1. The second kappa shape index (κ2) is 11.7. The van der Waals surface area contributed by atoms with Crippen LogP contribution in [0.4, 0.5) is 20.2 Å². The number of aliphatic imine (C=N–C) groups is 1. The van der Waals surface area contributed by atoms with Gasteiger partial charge in [0.15, 0.2) is 0 Å². The Morgan fingerprint density at radius 2 is 1.29 bits per heavy atom. The Balaban J connectivity index is 1.31. The summed E-state index contributed by atoms with van der Waals surface area (Å²) in [6.45, 7) is 0.402. The summed E-state index contributed by atoms with van der Waals surface area (Å²) in [5, 5.41) is 3.83. The van der Waals surface area contributed by atoms with E-state index in [4.69, 9.17) is 32.7 Å². The van der Waals surface area contributed by atoms with Gasteiger partial charge in [0.25, 0.3) is 0 Å². The van der Waals surface area contributed by atoms with Crippen molar-refractivity contribution >= 4 is 40.9 Å². The number of benzene rings is 4. The first kappa shape index (κ1) is 24.5. The van der Waals surface area contributed by atoms with Gasteiger partial charge in [0.1, 0.15) is 36.3 Å². The van der Waals surface area contributed by atoms with Crippen molar-refractivity contribution in [1.29, 1.82) is 0 Å². The third kappa shape index (κ3) is 7.18. The SMILES string of the molecule is Fc1cccc(COc2ccc(N=CNc3ccc(OCc4cccc(F)c4)c(Cl)c3)cc2Cl)c1. The summed E-state index contributed by atoms with van der Waals surface area (Å²) in [5.74, 6) is 0.326. The molecule has 0 bridgehead atoms. The van der Waals surface area contributed by atoms with Crippen LogP contribution in [0, 0.1) is 11.6 Å². The van der Waals surface area contributed by atoms with Crippen molar-refractivity contribution in [2.45, 2.75) is 13.2 Å². The minimum Gasteiger partial charge on any atom is -0.487 e. The zero-order chi connectivity index (χ0) is 24.6. The van der Waals surface area contributed by atoms with E-state index in [9.17, 15) is 8.78 Å². The molecule has 0 aromatic heterocycles. The first-order valence-corrected chi connectivity index (χ1v) is 11.3. The molecule has 0 saturated heterocycles. The van der Waals surface area contributed by atoms with E-state index in [1.54, 1.807) is 60.7 Å². The second-order valence-corrected chi connectivity index (χ2v) is 8.31. The lowest BCUT2D eigenvalue weighted by Crippen LogP contribution is -1.98. The Hall–Kier alpha value is -3.61. The topological polar surface area (TPSA) is 42.8 Å². The largest absolute Gasteiger partial charge is 0.487 e. The first-order valence-electron chi connectivity index (χ1n) is 10.6. The van der Waals surface area contributed by atoms with E-state index < -0.39 is 0 Å². The van der Waals surface area contributed by atoms with Crippen molar-refractivity contribution in [1.82, 2.24) is 0 Å². The van der Waals surface area contributed by atoms with Gasteiger partial charge in [-0.2, -0.15) is 0 Å². The minimum absolute atomic E-state index is 0.199. The minimum atomic E-state index is -0.318. The van der Waals surface area contributed by atoms with E-state index in [2.05, 4.69) is 10.3 Å². The van der Waals surface area contributed by atoms with Gasteiger partial charge in [-0.05, 0) is 71.8 Å². The summed E-state index contributed by atoms with van der Waals surface area (Å²) < 4.78 is 37.9. The number of nitrogens with one attached hydrogen (secondary N) is 1. The van der Waals surface area contributed by atoms with E-state index in [0.717, 1.165) is 0 Å². The fraction of sp³-hybridized carbons (Fsp3) is 0.0741. The summed E-state index contributed by atoms with van der Waals surface area (Å²) in [7, 11) is 0. The fourth-order valence-corrected chi connectivity index (χ4v) is 3.62. The number of anilines is 1. The molecule has 0 aliphatic rings. The maximum Gasteiger partial charge on any atom is 0.138 e. The normalized spacial score (nSPS) is 11.0. The Labute approximate surface area is 211 Å². The molecule has 0 atom stereocenters. The number of hydrogen-bond acceptors (Lipinski definition) is 3. The summed E-state index contributed by atoms with van der Waals surface area (Å²) in [6.07, 6.45) is 1.51. The van der Waals surface area contributed by atoms with Crippen LogP contribution in [0.3, 0.4) is 0 Å². The van der Waals surface area contributed by atoms with Crippen LogP contribution in [0.25, 0.3) is 0 Å². The fourth-order valence-electron chi connectivity index (χ4n) is 3.15. The molecule has 8 heteroatoms. The highest BCUT2D eigenvalue weighted by Gasteiger charge is 2.06. The Kier molecular flexibility index (Phi) is 8.19. The molecule has 0 fully saturated rings. The van der Waals surface area contributed by atoms with Crippen molar-refractivity contribution in [3.05, 3.63) is 118 Å². The molecule has 0 aliphatic heterocycles. The van der Waals surface area contributed by atoms with Crippen LogP contribution in [-0.2, 0) is 13.2 Å². The van der Waals surface area contributed by atoms with Crippen LogP contribution in [0.2, 0.25) is 10.0 Å². The molecular formula is C27H20Cl2F2N2O2. The smallest absolute Gasteiger partial charge is 0.138 e. The Bertz CT molecular complexity index is 1350. The molecule has 0 spiro atoms. The van der Waals surface area contributed by atoms with Gasteiger partial charge in [-0.25, -0.2) is 13.8 Å². The van der Waals surface area contributed by atoms with Gasteiger partial charge in [0.05, 0.1) is 22.1 Å². The van der Waals surface area contributed by atoms with Gasteiger partial charge in [-0.1, -0.05) is 47.5 Å². The number of ether oxygens (including phenoxy) is 2. The molecule has 0 unspecified atom stereocenters. The Morgan fingerprint density at radius 3 is 1.83 bits per heavy atom. The monoisotopic (exact) mass is 512 g/mol. The van der Waals surface area contributed by atoms with Crippen LogP contribution in [0.1, 0.15) is 11.1 Å². The lowest BCUT2D eigenvalue weighted by molar-refractivity contribution is 0.306. The van der Waals surface area contributed by atoms with E-state index in [-0.39, 0.29) is 24.8 Å². The molecule has 0 radical (unpaired) electrons. The van der Waals surface area contributed by atoms with Gasteiger partial charge in [-0.15, -0.1) is 0 Å². The third-order valence-corrected chi connectivity index (χ3v) is 5.45. The van der Waals surface area contributed by atoms with E-state index in [1.807, 2.05) is 0 Å². The van der Waals surface area contributed by atoms with Crippen molar-refractivity contribution in [2.75, 3.05) is 5.32 Å². The number of halogens is 4. The van der Waals surface area contributed by atoms with E-state index in [0.29, 0.717) is 44.0 Å². The average Bonchev–Trinajstić information content (AvgIpc) is 2.83. The maximum atomic E-state index is 13.3. The van der Waals surface area contributed by atoms with Gasteiger partial charge in [0.2, 0.25) is 0 Å². The lowest BCUT2D eigenvalue weighted by Gasteiger charge is -2.10. The molecule has 0 aliphatic carbocycles. The van der Waals surface area contributed by atoms with Crippen LogP contribution in [0.5, 0.6) is 11.5 Å². The molecule has 4 aromatic rings. The van der Waals surface area contributed by atoms with E-state index >= 15 is 0 Å². The molecule has 0 amide bonds. The van der Waals surface area contributed by atoms with Gasteiger partial charge in [0, 0.05) is 5.69 Å². The molecular weight excluding hydrogens is 493 g/mol. The van der Waals surface area contributed by atoms with Gasteiger partial charge in [-0.3, -0.25) is 0 Å². The van der Waals surface area contributed by atoms with Crippen LogP contribution in [-0.4, -0.2) is 6.34 Å². The van der Waals surface area contributed by atoms with Crippen LogP contribution in [0.15, 0.2) is 89.9 Å². The molecule has 1 N–H and O–H groups in total. The van der Waals surface area contributed by atoms with Crippen LogP contribution < -0.4 is 14.8 Å². The molecule has 0 saturated carbocycles. The van der Waals surface area contributed by atoms with Crippen molar-refractivity contribution in [3.8, 4) is 11.5 Å². The van der Waals surface area contributed by atoms with E-state index in [1.165, 1.54) is 30.6 Å². The third-order valence-electron chi connectivity index (χ3n) is 4.86. The zero-order valence-electron chi connectivity index (χ0n) is 18.4. The van der Waals surface area contributed by atoms with Crippen LogP contribution >= 0.6 is 23.2 Å². The molecule has 35 heavy (non-hydrogen) atoms. The molecule has 4 rings (SSSR count). The number of rotatable bonds is 9. The van der Waals surface area contributed by atoms with Crippen molar-refractivity contribution < 1.29 is 18.3 Å². The quantitative estimate of drug-likeness (QED) is 0.181. The summed E-state index contributed by atoms with van der Waals surface area (Å²) >= 11 is 12.6. The predicted octanol–water partition coefficient (Wildman–Crippen LogP) is 8.20. The maximum absolute atomic E-state index is 13.3. The zero-order valence-corrected chi connectivity index (χ0v) is 19.9. The summed E-state index contributed by atoms with van der Waals surface area (Å²) in [6, 6.07) is 22.7. The highest BCUT2D eigenvalue weighted by atomic mass is 35.5. The molecule has 4 aromatic carbocycles.